The molecular weight excluding hydrogens is 725 g/mol. The van der Waals surface area contributed by atoms with E-state index in [4.69, 9.17) is 4.55 Å². The van der Waals surface area contributed by atoms with Gasteiger partial charge in [-0.05, 0) is 23.9 Å². The molecule has 0 aromatic heterocycles. The van der Waals surface area contributed by atoms with Gasteiger partial charge in [0.15, 0.2) is 0 Å². The summed E-state index contributed by atoms with van der Waals surface area (Å²) in [4.78, 5) is -2.67. The summed E-state index contributed by atoms with van der Waals surface area (Å²) >= 11 is -7.00. The van der Waals surface area contributed by atoms with Crippen molar-refractivity contribution in [2.24, 2.45) is 0 Å². The quantitative estimate of drug-likeness (QED) is 0.141. The maximum absolute atomic E-state index is 14.2. The topological polar surface area (TPSA) is 37.3 Å². The van der Waals surface area contributed by atoms with Gasteiger partial charge in [0, 0.05) is 5.56 Å². The highest BCUT2D eigenvalue weighted by atomic mass is 32.2. The highest BCUT2D eigenvalue weighted by Crippen LogP contribution is 2.65. The molecule has 43 heavy (non-hydrogen) atoms. The zero-order valence-corrected chi connectivity index (χ0v) is 20.2. The van der Waals surface area contributed by atoms with E-state index in [9.17, 15) is 105 Å². The Morgan fingerprint density at radius 3 is 1.14 bits per heavy atom. The average Bonchev–Trinajstić information content (AvgIpc) is 2.79. The summed E-state index contributed by atoms with van der Waals surface area (Å²) in [7, 11) is 0. The number of rotatable bonds is 11. The fraction of sp³-hybridized carbons (Fsp3) is 0.625. The molecule has 0 fully saturated rings. The minimum Gasteiger partial charge on any atom is -0.301 e. The standard InChI is InChI=1S/C16H3F23O2S2/c17-4-1-3(2-5(18)6(4)42-15(36,37)16(38,39)43(40)41)7(19,20)8(21,22)9(23,24)10(25,26)11(27,28)12(29,30)13(31,32)14(33,34)35/h1-2H,(H,40,41). The van der Waals surface area contributed by atoms with Gasteiger partial charge in [-0.3, -0.25) is 0 Å². The molecule has 1 N–H and O–H groups in total. The van der Waals surface area contributed by atoms with Crippen molar-refractivity contribution in [3.05, 3.63) is 29.3 Å². The van der Waals surface area contributed by atoms with Crippen LogP contribution in [0.5, 0.6) is 0 Å². The Balaban J connectivity index is 3.79. The lowest BCUT2D eigenvalue weighted by atomic mass is 9.87. The van der Waals surface area contributed by atoms with E-state index in [1.807, 2.05) is 0 Å². The fourth-order valence-corrected chi connectivity index (χ4v) is 3.70. The van der Waals surface area contributed by atoms with Crippen molar-refractivity contribution in [3.8, 4) is 0 Å². The Morgan fingerprint density at radius 1 is 0.535 bits per heavy atom. The van der Waals surface area contributed by atoms with Crippen molar-refractivity contribution in [3.63, 3.8) is 0 Å². The average molecular weight is 728 g/mol. The number of hydrogen-bond donors (Lipinski definition) is 1. The molecule has 0 saturated carbocycles. The van der Waals surface area contributed by atoms with E-state index in [2.05, 4.69) is 0 Å². The van der Waals surface area contributed by atoms with Crippen molar-refractivity contribution in [2.75, 3.05) is 0 Å². The van der Waals surface area contributed by atoms with Crippen molar-refractivity contribution < 1.29 is 110 Å². The van der Waals surface area contributed by atoms with Gasteiger partial charge < -0.3 is 4.55 Å². The molecule has 0 aliphatic carbocycles. The van der Waals surface area contributed by atoms with E-state index in [1.54, 1.807) is 0 Å². The van der Waals surface area contributed by atoms with E-state index in [0.717, 1.165) is 0 Å². The Labute approximate surface area is 225 Å². The van der Waals surface area contributed by atoms with Crippen LogP contribution in [0.25, 0.3) is 0 Å². The highest BCUT2D eigenvalue weighted by molar-refractivity contribution is 8.01. The molecule has 1 aromatic rings. The molecule has 1 rings (SSSR count). The first-order chi connectivity index (χ1) is 18.4. The van der Waals surface area contributed by atoms with Gasteiger partial charge in [0.25, 0.3) is 0 Å². The predicted octanol–water partition coefficient (Wildman–Crippen LogP) is 8.93. The van der Waals surface area contributed by atoms with Gasteiger partial charge in [-0.25, -0.2) is 13.0 Å². The van der Waals surface area contributed by atoms with Crippen LogP contribution < -0.4 is 0 Å². The molecule has 0 radical (unpaired) electrons. The monoisotopic (exact) mass is 728 g/mol. The Hall–Kier alpha value is -1.93. The maximum Gasteiger partial charge on any atom is 0.460 e. The van der Waals surface area contributed by atoms with E-state index in [0.29, 0.717) is 0 Å². The lowest BCUT2D eigenvalue weighted by Gasteiger charge is -2.42. The Kier molecular flexibility index (Phi) is 9.61. The smallest absolute Gasteiger partial charge is 0.301 e. The van der Waals surface area contributed by atoms with Crippen LogP contribution in [0.15, 0.2) is 17.0 Å². The molecule has 1 unspecified atom stereocenters. The summed E-state index contributed by atoms with van der Waals surface area (Å²) in [6.45, 7) is 0. The third kappa shape index (κ3) is 5.47. The molecule has 252 valence electrons. The van der Waals surface area contributed by atoms with Gasteiger partial charge in [-0.2, -0.15) is 92.2 Å². The Morgan fingerprint density at radius 2 is 0.837 bits per heavy atom. The molecule has 27 heteroatoms. The minimum absolute atomic E-state index is 1.51. The van der Waals surface area contributed by atoms with Gasteiger partial charge >= 0.3 is 58.1 Å². The van der Waals surface area contributed by atoms with Crippen molar-refractivity contribution in [1.29, 1.82) is 0 Å². The van der Waals surface area contributed by atoms with Crippen molar-refractivity contribution >= 4 is 22.8 Å². The van der Waals surface area contributed by atoms with Crippen LogP contribution in [0.3, 0.4) is 0 Å². The number of hydrogen-bond acceptors (Lipinski definition) is 2. The van der Waals surface area contributed by atoms with E-state index in [1.165, 1.54) is 0 Å². The lowest BCUT2D eigenvalue weighted by Crippen LogP contribution is -2.74. The minimum atomic E-state index is -9.02. The van der Waals surface area contributed by atoms with Gasteiger partial charge in [0.05, 0.1) is 4.90 Å². The van der Waals surface area contributed by atoms with Crippen molar-refractivity contribution in [1.82, 2.24) is 0 Å². The van der Waals surface area contributed by atoms with Crippen LogP contribution >= 0.6 is 11.8 Å². The third-order valence-corrected chi connectivity index (χ3v) is 6.80. The molecule has 0 aliphatic rings. The molecule has 1 atom stereocenters. The summed E-state index contributed by atoms with van der Waals surface area (Å²) in [6, 6.07) is -3.02. The van der Waals surface area contributed by atoms with Gasteiger partial charge in [-0.15, -0.1) is 0 Å². The second-order valence-electron chi connectivity index (χ2n) is 7.67. The zero-order chi connectivity index (χ0) is 35.0. The second-order valence-corrected chi connectivity index (χ2v) is 9.81. The summed E-state index contributed by atoms with van der Waals surface area (Å²) in [5, 5.41) is -12.2. The lowest BCUT2D eigenvalue weighted by molar-refractivity contribution is -0.462. The molecule has 0 bridgehead atoms. The zero-order valence-electron chi connectivity index (χ0n) is 18.5. The molecular formula is C16H3F23O2S2. The molecule has 0 amide bonds. The molecule has 0 heterocycles. The van der Waals surface area contributed by atoms with Crippen LogP contribution in [0.1, 0.15) is 5.56 Å². The van der Waals surface area contributed by atoms with E-state index < -0.39 is 115 Å². The van der Waals surface area contributed by atoms with Gasteiger partial charge in [0.1, 0.15) is 11.6 Å². The van der Waals surface area contributed by atoms with Crippen LogP contribution in [0.2, 0.25) is 0 Å². The van der Waals surface area contributed by atoms with Crippen LogP contribution in [0.4, 0.5) is 101 Å². The van der Waals surface area contributed by atoms with E-state index >= 15 is 0 Å². The summed E-state index contributed by atoms with van der Waals surface area (Å²) < 4.78 is 326. The number of benzene rings is 1. The fourth-order valence-electron chi connectivity index (χ4n) is 2.47. The molecule has 1 aromatic carbocycles. The van der Waals surface area contributed by atoms with Crippen molar-refractivity contribution in [2.45, 2.75) is 63.0 Å². The van der Waals surface area contributed by atoms with E-state index in [-0.39, 0.29) is 0 Å². The second kappa shape index (κ2) is 10.6. The predicted molar refractivity (Wildman–Crippen MR) is 92.5 cm³/mol. The first kappa shape index (κ1) is 39.1. The molecule has 2 nitrogen and oxygen atoms in total. The molecule has 0 spiro atoms. The van der Waals surface area contributed by atoms with Crippen LogP contribution in [-0.4, -0.2) is 61.0 Å². The maximum atomic E-state index is 14.2. The van der Waals surface area contributed by atoms with Gasteiger partial charge in [-0.1, -0.05) is 0 Å². The number of thioether (sulfide) groups is 1. The third-order valence-electron chi connectivity index (χ3n) is 4.87. The Bertz CT molecular complexity index is 1210. The summed E-state index contributed by atoms with van der Waals surface area (Å²) in [5.74, 6) is -66.4. The van der Waals surface area contributed by atoms with Crippen LogP contribution in [0, 0.1) is 11.6 Å². The first-order valence-electron chi connectivity index (χ1n) is 9.21. The SMILES string of the molecule is O=S(O)C(F)(F)C(F)(F)Sc1c(F)cc(C(F)(F)C(F)(F)C(F)(F)C(F)(F)C(F)(F)C(F)(F)C(F)(F)C(F)(F)F)cc1F. The summed E-state index contributed by atoms with van der Waals surface area (Å²) in [6.07, 6.45) is -8.00. The number of alkyl halides is 21. The highest BCUT2D eigenvalue weighted by Gasteiger charge is 2.95. The number of halogens is 23. The van der Waals surface area contributed by atoms with Gasteiger partial charge in [0.2, 0.25) is 11.1 Å². The largest absolute Gasteiger partial charge is 0.460 e. The van der Waals surface area contributed by atoms with Crippen LogP contribution in [-0.2, 0) is 17.0 Å². The first-order valence-corrected chi connectivity index (χ1v) is 11.1. The molecule has 0 saturated heterocycles. The molecule has 0 aliphatic heterocycles. The normalized spacial score (nSPS) is 16.5. The summed E-state index contributed by atoms with van der Waals surface area (Å²) in [5.41, 5.74) is -3.48.